The van der Waals surface area contributed by atoms with Crippen LogP contribution in [0.15, 0.2) is 18.2 Å². The molecule has 0 aromatic heterocycles. The summed E-state index contributed by atoms with van der Waals surface area (Å²) in [7, 11) is 0. The fraction of sp³-hybridized carbons (Fsp3) is 0.632. The molecule has 0 saturated carbocycles. The number of halogens is 1. The number of carbonyl (C=O) groups is 1. The maximum Gasteiger partial charge on any atom is 0.410 e. The Balaban J connectivity index is 1.72. The molecule has 1 aromatic rings. The predicted octanol–water partition coefficient (Wildman–Crippen LogP) is 3.87. The molecule has 0 unspecified atom stereocenters. The largest absolute Gasteiger partial charge is 0.444 e. The zero-order valence-electron chi connectivity index (χ0n) is 15.2. The van der Waals surface area contributed by atoms with Crippen molar-refractivity contribution in [3.8, 4) is 0 Å². The van der Waals surface area contributed by atoms with E-state index in [9.17, 15) is 9.18 Å². The minimum atomic E-state index is -0.446. The number of nitrogens with one attached hydrogen (secondary N) is 1. The molecular weight excluding hydrogens is 307 g/mol. The molecule has 4 nitrogen and oxygen atoms in total. The van der Waals surface area contributed by atoms with Crippen molar-refractivity contribution in [1.29, 1.82) is 0 Å². The van der Waals surface area contributed by atoms with Crippen molar-refractivity contribution in [3.05, 3.63) is 35.1 Å². The minimum Gasteiger partial charge on any atom is -0.444 e. The van der Waals surface area contributed by atoms with Crippen LogP contribution in [0, 0.1) is 18.7 Å². The van der Waals surface area contributed by atoms with Crippen molar-refractivity contribution in [3.63, 3.8) is 0 Å². The Morgan fingerprint density at radius 2 is 2.00 bits per heavy atom. The number of piperidine rings is 1. The van der Waals surface area contributed by atoms with Crippen LogP contribution in [0.1, 0.15) is 44.7 Å². The molecule has 1 saturated heterocycles. The Hall–Kier alpha value is -1.62. The first-order valence-corrected chi connectivity index (χ1v) is 8.69. The van der Waals surface area contributed by atoms with Crippen LogP contribution in [0.4, 0.5) is 9.18 Å². The lowest BCUT2D eigenvalue weighted by molar-refractivity contribution is 0.0184. The molecule has 0 spiro atoms. The van der Waals surface area contributed by atoms with Crippen molar-refractivity contribution in [1.82, 2.24) is 10.2 Å². The summed E-state index contributed by atoms with van der Waals surface area (Å²) in [5, 5.41) is 3.42. The molecule has 0 radical (unpaired) electrons. The van der Waals surface area contributed by atoms with E-state index in [0.29, 0.717) is 18.0 Å². The van der Waals surface area contributed by atoms with Crippen molar-refractivity contribution in [2.75, 3.05) is 19.6 Å². The number of benzene rings is 1. The van der Waals surface area contributed by atoms with E-state index in [1.54, 1.807) is 11.0 Å². The second kappa shape index (κ2) is 7.97. The summed E-state index contributed by atoms with van der Waals surface area (Å²) in [5.41, 5.74) is 1.27. The summed E-state index contributed by atoms with van der Waals surface area (Å²) in [6.45, 7) is 10.5. The molecule has 0 atom stereocenters. The third kappa shape index (κ3) is 5.48. The van der Waals surface area contributed by atoms with Gasteiger partial charge in [0.05, 0.1) is 0 Å². The molecule has 1 aliphatic rings. The number of carbonyl (C=O) groups excluding carboxylic acids is 1. The van der Waals surface area contributed by atoms with E-state index in [1.165, 1.54) is 6.07 Å². The highest BCUT2D eigenvalue weighted by Crippen LogP contribution is 2.19. The lowest BCUT2D eigenvalue weighted by atomic mass is 9.97. The summed E-state index contributed by atoms with van der Waals surface area (Å²) in [6, 6.07) is 5.19. The van der Waals surface area contributed by atoms with E-state index in [0.717, 1.165) is 38.0 Å². The maximum atomic E-state index is 13.5. The Morgan fingerprint density at radius 1 is 1.33 bits per heavy atom. The van der Waals surface area contributed by atoms with Crippen molar-refractivity contribution in [2.24, 2.45) is 5.92 Å². The van der Waals surface area contributed by atoms with Gasteiger partial charge in [0.2, 0.25) is 0 Å². The topological polar surface area (TPSA) is 41.6 Å². The van der Waals surface area contributed by atoms with E-state index in [4.69, 9.17) is 4.74 Å². The molecule has 24 heavy (non-hydrogen) atoms. The van der Waals surface area contributed by atoms with Gasteiger partial charge in [-0.1, -0.05) is 12.1 Å². The predicted molar refractivity (Wildman–Crippen MR) is 93.4 cm³/mol. The zero-order valence-corrected chi connectivity index (χ0v) is 15.2. The highest BCUT2D eigenvalue weighted by Gasteiger charge is 2.26. The molecule has 134 valence electrons. The molecule has 5 heteroatoms. The van der Waals surface area contributed by atoms with E-state index in [1.807, 2.05) is 33.8 Å². The van der Waals surface area contributed by atoms with Gasteiger partial charge in [-0.05, 0) is 70.2 Å². The number of hydrogen-bond donors (Lipinski definition) is 1. The van der Waals surface area contributed by atoms with E-state index in [2.05, 4.69) is 5.32 Å². The van der Waals surface area contributed by atoms with Gasteiger partial charge < -0.3 is 15.0 Å². The van der Waals surface area contributed by atoms with E-state index in [-0.39, 0.29) is 11.9 Å². The lowest BCUT2D eigenvalue weighted by Gasteiger charge is -2.33. The van der Waals surface area contributed by atoms with Crippen LogP contribution in [0.25, 0.3) is 0 Å². The summed E-state index contributed by atoms with van der Waals surface area (Å²) in [5.74, 6) is 0.387. The van der Waals surface area contributed by atoms with Crippen LogP contribution in [0.2, 0.25) is 0 Å². The highest BCUT2D eigenvalue weighted by atomic mass is 19.1. The van der Waals surface area contributed by atoms with Gasteiger partial charge in [-0.3, -0.25) is 0 Å². The zero-order chi connectivity index (χ0) is 17.7. The normalized spacial score (nSPS) is 16.3. The van der Waals surface area contributed by atoms with Crippen LogP contribution in [-0.4, -0.2) is 36.2 Å². The van der Waals surface area contributed by atoms with Crippen molar-refractivity contribution < 1.29 is 13.9 Å². The fourth-order valence-electron chi connectivity index (χ4n) is 2.90. The summed E-state index contributed by atoms with van der Waals surface area (Å²) >= 11 is 0. The first-order chi connectivity index (χ1) is 11.3. The van der Waals surface area contributed by atoms with Gasteiger partial charge in [-0.2, -0.15) is 0 Å². The average Bonchev–Trinajstić information content (AvgIpc) is 2.50. The molecule has 0 aliphatic carbocycles. The van der Waals surface area contributed by atoms with Crippen LogP contribution in [0.5, 0.6) is 0 Å². The molecule has 0 bridgehead atoms. The van der Waals surface area contributed by atoms with Crippen LogP contribution in [-0.2, 0) is 11.3 Å². The summed E-state index contributed by atoms with van der Waals surface area (Å²) in [4.78, 5) is 13.8. The monoisotopic (exact) mass is 336 g/mol. The lowest BCUT2D eigenvalue weighted by Crippen LogP contribution is -2.43. The molecular formula is C19H29FN2O2. The van der Waals surface area contributed by atoms with Crippen LogP contribution < -0.4 is 5.32 Å². The molecule has 1 heterocycles. The SMILES string of the molecule is Cc1c(F)cccc1CNCC1CCN(C(=O)OC(C)(C)C)CC1. The van der Waals surface area contributed by atoms with Gasteiger partial charge in [0, 0.05) is 19.6 Å². The molecule has 2 rings (SSSR count). The average molecular weight is 336 g/mol. The standard InChI is InChI=1S/C19H29FN2O2/c1-14-16(6-5-7-17(14)20)13-21-12-15-8-10-22(11-9-15)18(23)24-19(2,3)4/h5-7,15,21H,8-13H2,1-4H3. The van der Waals surface area contributed by atoms with Gasteiger partial charge in [-0.25, -0.2) is 9.18 Å². The fourth-order valence-corrected chi connectivity index (χ4v) is 2.90. The number of nitrogens with zero attached hydrogens (tertiary/aromatic N) is 1. The molecule has 1 aromatic carbocycles. The highest BCUT2D eigenvalue weighted by molar-refractivity contribution is 5.68. The minimum absolute atomic E-state index is 0.153. The van der Waals surface area contributed by atoms with Gasteiger partial charge in [0.25, 0.3) is 0 Å². The van der Waals surface area contributed by atoms with Gasteiger partial charge >= 0.3 is 6.09 Å². The number of rotatable bonds is 4. The van der Waals surface area contributed by atoms with Crippen molar-refractivity contribution in [2.45, 2.75) is 52.7 Å². The smallest absolute Gasteiger partial charge is 0.410 e. The molecule has 1 amide bonds. The third-order valence-corrected chi connectivity index (χ3v) is 4.39. The number of likely N-dealkylation sites (tertiary alicyclic amines) is 1. The Morgan fingerprint density at radius 3 is 2.62 bits per heavy atom. The summed E-state index contributed by atoms with van der Waals surface area (Å²) < 4.78 is 18.9. The first-order valence-electron chi connectivity index (χ1n) is 8.69. The number of ether oxygens (including phenoxy) is 1. The Labute approximate surface area is 144 Å². The molecule has 1 N–H and O–H groups in total. The van der Waals surface area contributed by atoms with Crippen molar-refractivity contribution >= 4 is 6.09 Å². The Bertz CT molecular complexity index is 561. The van der Waals surface area contributed by atoms with Gasteiger partial charge in [0.1, 0.15) is 11.4 Å². The Kier molecular flexibility index (Phi) is 6.21. The summed E-state index contributed by atoms with van der Waals surface area (Å²) in [6.07, 6.45) is 1.72. The third-order valence-electron chi connectivity index (χ3n) is 4.39. The van der Waals surface area contributed by atoms with Gasteiger partial charge in [-0.15, -0.1) is 0 Å². The number of hydrogen-bond acceptors (Lipinski definition) is 3. The quantitative estimate of drug-likeness (QED) is 0.907. The second-order valence-corrected chi connectivity index (χ2v) is 7.57. The van der Waals surface area contributed by atoms with Crippen LogP contribution >= 0.6 is 0 Å². The van der Waals surface area contributed by atoms with Gasteiger partial charge in [0.15, 0.2) is 0 Å². The number of amides is 1. The van der Waals surface area contributed by atoms with E-state index < -0.39 is 5.60 Å². The maximum absolute atomic E-state index is 13.5. The molecule has 1 fully saturated rings. The first kappa shape index (κ1) is 18.7. The second-order valence-electron chi connectivity index (χ2n) is 7.57. The van der Waals surface area contributed by atoms with E-state index >= 15 is 0 Å². The molecule has 1 aliphatic heterocycles. The van der Waals surface area contributed by atoms with Crippen LogP contribution in [0.3, 0.4) is 0 Å².